The van der Waals surface area contributed by atoms with Gasteiger partial charge < -0.3 is 9.52 Å². The van der Waals surface area contributed by atoms with Gasteiger partial charge in [-0.25, -0.2) is 4.79 Å². The highest BCUT2D eigenvalue weighted by atomic mass is 16.4. The van der Waals surface area contributed by atoms with Crippen LogP contribution in [0.2, 0.25) is 0 Å². The van der Waals surface area contributed by atoms with Crippen LogP contribution in [0.3, 0.4) is 0 Å². The van der Waals surface area contributed by atoms with Crippen LogP contribution in [0, 0.1) is 5.41 Å². The number of aryl methyl sites for hydroxylation is 1. The Morgan fingerprint density at radius 3 is 2.64 bits per heavy atom. The van der Waals surface area contributed by atoms with Crippen molar-refractivity contribution in [2.45, 2.75) is 52.9 Å². The molecule has 0 saturated carbocycles. The summed E-state index contributed by atoms with van der Waals surface area (Å²) in [5.74, 6) is -0.944. The molecule has 1 aromatic carbocycles. The summed E-state index contributed by atoms with van der Waals surface area (Å²) in [6.07, 6.45) is 4.56. The number of carboxylic acids is 1. The molecule has 0 amide bonds. The minimum atomic E-state index is -1.22. The largest absolute Gasteiger partial charge is 0.477 e. The molecule has 0 unspecified atom stereocenters. The van der Waals surface area contributed by atoms with E-state index in [1.54, 1.807) is 24.3 Å². The van der Waals surface area contributed by atoms with E-state index in [1.807, 2.05) is 0 Å². The lowest BCUT2D eigenvalue weighted by Gasteiger charge is -2.34. The molecule has 1 N–H and O–H groups in total. The fraction of sp³-hybridized carbons (Fsp3) is 0.429. The molecular weight excluding hydrogens is 316 g/mol. The lowest BCUT2D eigenvalue weighted by atomic mass is 9.71. The van der Waals surface area contributed by atoms with Crippen LogP contribution in [-0.2, 0) is 6.42 Å². The van der Waals surface area contributed by atoms with Crippen LogP contribution in [0.5, 0.6) is 0 Å². The van der Waals surface area contributed by atoms with Crippen molar-refractivity contribution in [2.24, 2.45) is 5.41 Å². The quantitative estimate of drug-likeness (QED) is 0.800. The van der Waals surface area contributed by atoms with Crippen LogP contribution in [0.15, 0.2) is 44.6 Å². The molecule has 132 valence electrons. The monoisotopic (exact) mass is 340 g/mol. The third kappa shape index (κ3) is 3.26. The normalized spacial score (nSPS) is 17.1. The molecule has 0 bridgehead atoms. The van der Waals surface area contributed by atoms with Crippen LogP contribution in [0.1, 0.15) is 62.6 Å². The molecule has 0 radical (unpaired) electrons. The number of allylic oxidation sites excluding steroid dienone is 2. The predicted octanol–water partition coefficient (Wildman–Crippen LogP) is 4.95. The molecular formula is C21H24O4. The summed E-state index contributed by atoms with van der Waals surface area (Å²) in [5.41, 5.74) is 2.62. The molecule has 0 fully saturated rings. The second-order valence-corrected chi connectivity index (χ2v) is 7.53. The summed E-state index contributed by atoms with van der Waals surface area (Å²) in [5, 5.41) is 9.84. The number of para-hydroxylation sites is 1. The van der Waals surface area contributed by atoms with E-state index in [1.165, 1.54) is 17.6 Å². The molecule has 1 aliphatic carbocycles. The SMILES string of the molecule is CC1=C(CCc2oc3ccccc3c(=O)c2C(=O)O)C(C)(C)CCC1. The summed E-state index contributed by atoms with van der Waals surface area (Å²) < 4.78 is 5.83. The van der Waals surface area contributed by atoms with Crippen molar-refractivity contribution in [3.8, 4) is 0 Å². The Bertz CT molecular complexity index is 915. The zero-order valence-corrected chi connectivity index (χ0v) is 15.0. The first-order chi connectivity index (χ1) is 11.8. The highest BCUT2D eigenvalue weighted by Crippen LogP contribution is 2.42. The molecule has 1 aromatic heterocycles. The van der Waals surface area contributed by atoms with Gasteiger partial charge in [0.15, 0.2) is 0 Å². The van der Waals surface area contributed by atoms with Crippen molar-refractivity contribution >= 4 is 16.9 Å². The van der Waals surface area contributed by atoms with Crippen molar-refractivity contribution in [3.05, 3.63) is 57.0 Å². The highest BCUT2D eigenvalue weighted by molar-refractivity contribution is 5.92. The number of rotatable bonds is 4. The Hall–Kier alpha value is -2.36. The lowest BCUT2D eigenvalue weighted by Crippen LogP contribution is -2.22. The van der Waals surface area contributed by atoms with Gasteiger partial charge in [0, 0.05) is 6.42 Å². The highest BCUT2D eigenvalue weighted by Gasteiger charge is 2.29. The molecule has 0 spiro atoms. The fourth-order valence-corrected chi connectivity index (χ4v) is 4.05. The Morgan fingerprint density at radius 1 is 1.24 bits per heavy atom. The molecule has 0 aliphatic heterocycles. The van der Waals surface area contributed by atoms with Crippen molar-refractivity contribution in [1.29, 1.82) is 0 Å². The zero-order chi connectivity index (χ0) is 18.2. The van der Waals surface area contributed by atoms with Gasteiger partial charge in [-0.3, -0.25) is 4.79 Å². The first-order valence-electron chi connectivity index (χ1n) is 8.78. The molecule has 25 heavy (non-hydrogen) atoms. The molecule has 4 nitrogen and oxygen atoms in total. The number of carbonyl (C=O) groups is 1. The molecule has 0 atom stereocenters. The van der Waals surface area contributed by atoms with Crippen LogP contribution < -0.4 is 5.43 Å². The van der Waals surface area contributed by atoms with Gasteiger partial charge >= 0.3 is 5.97 Å². The topological polar surface area (TPSA) is 67.5 Å². The Labute approximate surface area is 147 Å². The maximum atomic E-state index is 12.6. The first kappa shape index (κ1) is 17.5. The van der Waals surface area contributed by atoms with E-state index in [0.717, 1.165) is 19.3 Å². The predicted molar refractivity (Wildman–Crippen MR) is 98.1 cm³/mol. The maximum Gasteiger partial charge on any atom is 0.343 e. The number of benzene rings is 1. The summed E-state index contributed by atoms with van der Waals surface area (Å²) in [7, 11) is 0. The smallest absolute Gasteiger partial charge is 0.343 e. The van der Waals surface area contributed by atoms with Crippen LogP contribution in [-0.4, -0.2) is 11.1 Å². The molecule has 1 heterocycles. The zero-order valence-electron chi connectivity index (χ0n) is 15.0. The molecule has 4 heteroatoms. The van der Waals surface area contributed by atoms with E-state index < -0.39 is 11.4 Å². The Morgan fingerprint density at radius 2 is 1.96 bits per heavy atom. The van der Waals surface area contributed by atoms with Gasteiger partial charge in [-0.05, 0) is 50.2 Å². The van der Waals surface area contributed by atoms with Gasteiger partial charge in [-0.15, -0.1) is 0 Å². The first-order valence-corrected chi connectivity index (χ1v) is 8.78. The van der Waals surface area contributed by atoms with E-state index in [4.69, 9.17) is 4.42 Å². The summed E-state index contributed by atoms with van der Waals surface area (Å²) in [6.45, 7) is 6.63. The average molecular weight is 340 g/mol. The lowest BCUT2D eigenvalue weighted by molar-refractivity contribution is 0.0691. The third-order valence-electron chi connectivity index (χ3n) is 5.37. The van der Waals surface area contributed by atoms with E-state index in [2.05, 4.69) is 20.8 Å². The van der Waals surface area contributed by atoms with Crippen LogP contribution in [0.25, 0.3) is 11.0 Å². The number of hydrogen-bond acceptors (Lipinski definition) is 3. The second-order valence-electron chi connectivity index (χ2n) is 7.53. The Kier molecular flexibility index (Phi) is 4.55. The average Bonchev–Trinajstić information content (AvgIpc) is 2.53. The van der Waals surface area contributed by atoms with Gasteiger partial charge in [0.05, 0.1) is 5.39 Å². The van der Waals surface area contributed by atoms with Crippen molar-refractivity contribution in [2.75, 3.05) is 0 Å². The van der Waals surface area contributed by atoms with Crippen LogP contribution >= 0.6 is 0 Å². The minimum absolute atomic E-state index is 0.114. The molecule has 0 saturated heterocycles. The van der Waals surface area contributed by atoms with E-state index >= 15 is 0 Å². The van der Waals surface area contributed by atoms with Gasteiger partial charge in [-0.1, -0.05) is 37.1 Å². The number of aromatic carboxylic acids is 1. The van der Waals surface area contributed by atoms with E-state index in [0.29, 0.717) is 17.4 Å². The van der Waals surface area contributed by atoms with E-state index in [-0.39, 0.29) is 16.7 Å². The summed E-state index contributed by atoms with van der Waals surface area (Å²) >= 11 is 0. The molecule has 1 aliphatic rings. The van der Waals surface area contributed by atoms with Gasteiger partial charge in [0.2, 0.25) is 5.43 Å². The van der Waals surface area contributed by atoms with Crippen molar-refractivity contribution < 1.29 is 14.3 Å². The third-order valence-corrected chi connectivity index (χ3v) is 5.37. The molecule has 2 aromatic rings. The number of carboxylic acid groups (broad SMARTS) is 1. The van der Waals surface area contributed by atoms with Crippen molar-refractivity contribution in [1.82, 2.24) is 0 Å². The summed E-state index contributed by atoms with van der Waals surface area (Å²) in [4.78, 5) is 24.2. The Balaban J connectivity index is 2.03. The minimum Gasteiger partial charge on any atom is -0.477 e. The van der Waals surface area contributed by atoms with Crippen molar-refractivity contribution in [3.63, 3.8) is 0 Å². The van der Waals surface area contributed by atoms with Gasteiger partial charge in [0.1, 0.15) is 16.9 Å². The standard InChI is InChI=1S/C21H24O4/c1-13-7-6-12-21(2,3)15(13)10-11-17-18(20(23)24)19(22)14-8-4-5-9-16(14)25-17/h4-5,8-9H,6-7,10-12H2,1-3H3,(H,23,24). The summed E-state index contributed by atoms with van der Waals surface area (Å²) in [6, 6.07) is 6.81. The number of hydrogen-bond donors (Lipinski definition) is 1. The van der Waals surface area contributed by atoms with Crippen LogP contribution in [0.4, 0.5) is 0 Å². The van der Waals surface area contributed by atoms with E-state index in [9.17, 15) is 14.7 Å². The number of fused-ring (bicyclic) bond motifs is 1. The van der Waals surface area contributed by atoms with Gasteiger partial charge in [-0.2, -0.15) is 0 Å². The second kappa shape index (κ2) is 6.51. The maximum absolute atomic E-state index is 12.6. The van der Waals surface area contributed by atoms with Gasteiger partial charge in [0.25, 0.3) is 0 Å². The molecule has 3 rings (SSSR count). The fourth-order valence-electron chi connectivity index (χ4n) is 4.05.